The van der Waals surface area contributed by atoms with Crippen LogP contribution in [0.15, 0.2) is 18.2 Å². The van der Waals surface area contributed by atoms with E-state index in [1.165, 1.54) is 36.8 Å². The third kappa shape index (κ3) is 3.21. The number of aryl methyl sites for hydroxylation is 1. The summed E-state index contributed by atoms with van der Waals surface area (Å²) in [5.41, 5.74) is 3.23. The molecule has 2 aliphatic rings. The topological polar surface area (TPSA) is 32.7 Å². The highest BCUT2D eigenvalue weighted by Crippen LogP contribution is 2.57. The zero-order chi connectivity index (χ0) is 17.4. The minimum atomic E-state index is 0.171. The van der Waals surface area contributed by atoms with E-state index in [2.05, 4.69) is 38.9 Å². The lowest BCUT2D eigenvalue weighted by atomic mass is 9.50. The molecule has 0 bridgehead atoms. The molecular weight excluding hydrogens is 298 g/mol. The first kappa shape index (κ1) is 17.8. The minimum absolute atomic E-state index is 0.171. The van der Waals surface area contributed by atoms with E-state index < -0.39 is 0 Å². The van der Waals surface area contributed by atoms with Crippen molar-refractivity contribution in [1.82, 2.24) is 4.90 Å². The van der Waals surface area contributed by atoms with E-state index in [1.807, 2.05) is 12.1 Å². The number of hydrogen-bond donors (Lipinski definition) is 1. The van der Waals surface area contributed by atoms with Crippen LogP contribution in [0.1, 0.15) is 50.7 Å². The van der Waals surface area contributed by atoms with E-state index in [9.17, 15) is 5.11 Å². The van der Waals surface area contributed by atoms with Gasteiger partial charge in [0.15, 0.2) is 0 Å². The number of rotatable bonds is 5. The summed E-state index contributed by atoms with van der Waals surface area (Å²) < 4.78 is 6.10. The van der Waals surface area contributed by atoms with Crippen LogP contribution in [-0.4, -0.2) is 43.9 Å². The van der Waals surface area contributed by atoms with Crippen LogP contribution in [0.5, 0.6) is 5.75 Å². The van der Waals surface area contributed by atoms with Gasteiger partial charge < -0.3 is 14.7 Å². The van der Waals surface area contributed by atoms with Gasteiger partial charge >= 0.3 is 0 Å². The molecule has 0 radical (unpaired) electrons. The Hall–Kier alpha value is -1.06. The summed E-state index contributed by atoms with van der Waals surface area (Å²) in [6, 6.07) is 6.00. The van der Waals surface area contributed by atoms with Crippen molar-refractivity contribution in [3.05, 3.63) is 29.3 Å². The van der Waals surface area contributed by atoms with E-state index in [-0.39, 0.29) is 10.8 Å². The summed E-state index contributed by atoms with van der Waals surface area (Å²) in [6.07, 6.45) is 6.09. The average Bonchev–Trinajstić information content (AvgIpc) is 2.52. The molecule has 0 unspecified atom stereocenters. The monoisotopic (exact) mass is 331 g/mol. The second-order valence-electron chi connectivity index (χ2n) is 8.71. The lowest BCUT2D eigenvalue weighted by molar-refractivity contribution is -0.0481. The van der Waals surface area contributed by atoms with E-state index in [0.717, 1.165) is 26.2 Å². The number of fused-ring (bicyclic) bond motifs is 3. The molecule has 134 valence electrons. The van der Waals surface area contributed by atoms with Crippen molar-refractivity contribution in [1.29, 1.82) is 0 Å². The molecule has 1 aromatic rings. The van der Waals surface area contributed by atoms with Crippen molar-refractivity contribution in [2.24, 2.45) is 11.3 Å². The fraction of sp³-hybridized carbons (Fsp3) is 0.714. The molecule has 0 aliphatic heterocycles. The first-order valence-corrected chi connectivity index (χ1v) is 9.40. The molecule has 0 saturated heterocycles. The summed E-state index contributed by atoms with van der Waals surface area (Å²) >= 11 is 0. The molecule has 3 rings (SSSR count). The third-order valence-corrected chi connectivity index (χ3v) is 6.58. The number of benzene rings is 1. The maximum Gasteiger partial charge on any atom is 0.115 e. The average molecular weight is 332 g/mol. The molecule has 0 aromatic heterocycles. The van der Waals surface area contributed by atoms with Gasteiger partial charge in [0.2, 0.25) is 0 Å². The Morgan fingerprint density at radius 2 is 2.04 bits per heavy atom. The lowest BCUT2D eigenvalue weighted by Gasteiger charge is -2.55. The maximum atomic E-state index is 10.0. The highest BCUT2D eigenvalue weighted by Gasteiger charge is 2.51. The van der Waals surface area contributed by atoms with Crippen molar-refractivity contribution in [2.75, 3.05) is 33.9 Å². The Kier molecular flexibility index (Phi) is 4.94. The largest absolute Gasteiger partial charge is 0.508 e. The summed E-state index contributed by atoms with van der Waals surface area (Å²) in [5, 5.41) is 10.0. The van der Waals surface area contributed by atoms with Gasteiger partial charge in [0.25, 0.3) is 0 Å². The van der Waals surface area contributed by atoms with Crippen LogP contribution >= 0.6 is 0 Å². The number of likely N-dealkylation sites (N-methyl/N-ethyl adjacent to an activating group) is 1. The quantitative estimate of drug-likeness (QED) is 0.828. The number of hydrogen-bond acceptors (Lipinski definition) is 3. The van der Waals surface area contributed by atoms with Gasteiger partial charge in [0, 0.05) is 6.54 Å². The van der Waals surface area contributed by atoms with Crippen molar-refractivity contribution in [2.45, 2.75) is 51.4 Å². The first-order chi connectivity index (χ1) is 11.3. The zero-order valence-electron chi connectivity index (χ0n) is 15.8. The number of aromatic hydroxyl groups is 1. The maximum absolute atomic E-state index is 10.0. The number of ether oxygens (including phenoxy) is 1. The lowest BCUT2D eigenvalue weighted by Crippen LogP contribution is -2.51. The Bertz CT molecular complexity index is 585. The van der Waals surface area contributed by atoms with Crippen LogP contribution in [0.3, 0.4) is 0 Å². The normalized spacial score (nSPS) is 32.5. The minimum Gasteiger partial charge on any atom is -0.508 e. The predicted molar refractivity (Wildman–Crippen MR) is 98.6 cm³/mol. The Balaban J connectivity index is 1.81. The standard InChI is InChI=1S/C21H33NO2/c1-20(15-24-13-12-22(3)4)10-5-11-21(2)18-14-17(23)8-6-16(18)7-9-19(20)21/h6,8,14,19,23H,5,7,9-13,15H2,1-4H3/t19-,20-,21+/m0/s1. The number of nitrogens with zero attached hydrogens (tertiary/aromatic N) is 1. The molecule has 2 aliphatic carbocycles. The van der Waals surface area contributed by atoms with Crippen LogP contribution in [-0.2, 0) is 16.6 Å². The van der Waals surface area contributed by atoms with Gasteiger partial charge in [0.1, 0.15) is 5.75 Å². The molecule has 0 heterocycles. The summed E-state index contributed by atoms with van der Waals surface area (Å²) in [6.45, 7) is 7.50. The van der Waals surface area contributed by atoms with Gasteiger partial charge in [-0.15, -0.1) is 0 Å². The molecule has 3 nitrogen and oxygen atoms in total. The van der Waals surface area contributed by atoms with Crippen LogP contribution in [0, 0.1) is 11.3 Å². The summed E-state index contributed by atoms with van der Waals surface area (Å²) in [7, 11) is 4.18. The molecule has 0 spiro atoms. The fourth-order valence-corrected chi connectivity index (χ4v) is 5.31. The van der Waals surface area contributed by atoms with E-state index in [4.69, 9.17) is 4.74 Å². The second kappa shape index (κ2) is 6.68. The highest BCUT2D eigenvalue weighted by molar-refractivity contribution is 5.43. The van der Waals surface area contributed by atoms with Crippen LogP contribution < -0.4 is 0 Å². The van der Waals surface area contributed by atoms with Gasteiger partial charge in [0.05, 0.1) is 13.2 Å². The van der Waals surface area contributed by atoms with Gasteiger partial charge in [-0.2, -0.15) is 0 Å². The molecule has 24 heavy (non-hydrogen) atoms. The van der Waals surface area contributed by atoms with Gasteiger partial charge in [-0.05, 0) is 79.8 Å². The molecule has 1 saturated carbocycles. The summed E-state index contributed by atoms with van der Waals surface area (Å²) in [5.74, 6) is 1.04. The molecule has 1 fully saturated rings. The number of phenolic OH excluding ortho intramolecular Hbond substituents is 1. The van der Waals surface area contributed by atoms with E-state index >= 15 is 0 Å². The van der Waals surface area contributed by atoms with Gasteiger partial charge in [-0.3, -0.25) is 0 Å². The van der Waals surface area contributed by atoms with Crippen LogP contribution in [0.2, 0.25) is 0 Å². The van der Waals surface area contributed by atoms with Gasteiger partial charge in [-0.25, -0.2) is 0 Å². The fourth-order valence-electron chi connectivity index (χ4n) is 5.31. The predicted octanol–water partition coefficient (Wildman–Crippen LogP) is 3.98. The van der Waals surface area contributed by atoms with Crippen molar-refractivity contribution in [3.63, 3.8) is 0 Å². The Morgan fingerprint density at radius 1 is 1.25 bits per heavy atom. The Morgan fingerprint density at radius 3 is 2.79 bits per heavy atom. The highest BCUT2D eigenvalue weighted by atomic mass is 16.5. The molecular formula is C21H33NO2. The van der Waals surface area contributed by atoms with Gasteiger partial charge in [-0.1, -0.05) is 26.3 Å². The molecule has 1 aromatic carbocycles. The summed E-state index contributed by atoms with van der Waals surface area (Å²) in [4.78, 5) is 2.17. The van der Waals surface area contributed by atoms with Crippen molar-refractivity contribution >= 4 is 0 Å². The molecule has 0 amide bonds. The SMILES string of the molecule is CN(C)CCOC[C@]1(C)CCC[C@]2(C)c3cc(O)ccc3CC[C@@H]12. The second-order valence-corrected chi connectivity index (χ2v) is 8.71. The molecule has 3 atom stereocenters. The first-order valence-electron chi connectivity index (χ1n) is 9.40. The zero-order valence-corrected chi connectivity index (χ0v) is 15.8. The van der Waals surface area contributed by atoms with E-state index in [0.29, 0.717) is 11.7 Å². The third-order valence-electron chi connectivity index (χ3n) is 6.58. The molecule has 3 heteroatoms. The van der Waals surface area contributed by atoms with Crippen LogP contribution in [0.4, 0.5) is 0 Å². The van der Waals surface area contributed by atoms with E-state index in [1.54, 1.807) is 0 Å². The Labute approximate surface area is 147 Å². The number of phenols is 1. The van der Waals surface area contributed by atoms with Crippen molar-refractivity contribution < 1.29 is 9.84 Å². The van der Waals surface area contributed by atoms with Crippen LogP contribution in [0.25, 0.3) is 0 Å². The smallest absolute Gasteiger partial charge is 0.115 e. The van der Waals surface area contributed by atoms with Crippen molar-refractivity contribution in [3.8, 4) is 5.75 Å². The molecule has 1 N–H and O–H groups in total.